The number of H-pyrrole nitrogens is 1. The van der Waals surface area contributed by atoms with Gasteiger partial charge < -0.3 is 10.6 Å². The number of nitrogens with zero attached hydrogens (tertiary/aromatic N) is 1. The Hall–Kier alpha value is -4.19. The lowest BCUT2D eigenvalue weighted by atomic mass is 10.00. The van der Waals surface area contributed by atoms with Gasteiger partial charge in [-0.3, -0.25) is 14.7 Å². The first-order chi connectivity index (χ1) is 14.9. The number of nitrogens with one attached hydrogen (secondary N) is 3. The van der Waals surface area contributed by atoms with E-state index in [0.29, 0.717) is 17.1 Å². The second kappa shape index (κ2) is 8.28. The molecule has 6 nitrogen and oxygen atoms in total. The van der Waals surface area contributed by atoms with Gasteiger partial charge in [-0.15, -0.1) is 0 Å². The molecule has 0 fully saturated rings. The van der Waals surface area contributed by atoms with Gasteiger partial charge in [0.25, 0.3) is 5.91 Å². The molecule has 1 heterocycles. The Balaban J connectivity index is 1.62. The molecule has 0 aliphatic heterocycles. The van der Waals surface area contributed by atoms with Gasteiger partial charge in [0.2, 0.25) is 5.91 Å². The normalized spacial score (nSPS) is 10.6. The summed E-state index contributed by atoms with van der Waals surface area (Å²) < 4.78 is 0. The van der Waals surface area contributed by atoms with Crippen LogP contribution in [0.4, 0.5) is 11.5 Å². The SMILES string of the molecule is C=CC(=O)Nc1ccccc1C(=O)Nc1n[nH]c2cc(-c3cc(C)cc(C)c3)ccc12. The van der Waals surface area contributed by atoms with Crippen molar-refractivity contribution in [2.75, 3.05) is 10.6 Å². The molecule has 6 heteroatoms. The van der Waals surface area contributed by atoms with Crippen molar-refractivity contribution < 1.29 is 9.59 Å². The van der Waals surface area contributed by atoms with Crippen molar-refractivity contribution in [3.63, 3.8) is 0 Å². The monoisotopic (exact) mass is 410 g/mol. The zero-order chi connectivity index (χ0) is 22.0. The predicted octanol–water partition coefficient (Wildman–Crippen LogP) is 5.22. The molecule has 1 aromatic heterocycles. The average Bonchev–Trinajstić information content (AvgIpc) is 3.15. The number of aromatic nitrogens is 2. The lowest BCUT2D eigenvalue weighted by molar-refractivity contribution is -0.111. The van der Waals surface area contributed by atoms with E-state index in [0.717, 1.165) is 28.1 Å². The van der Waals surface area contributed by atoms with Gasteiger partial charge in [0, 0.05) is 5.39 Å². The van der Waals surface area contributed by atoms with Crippen molar-refractivity contribution in [1.29, 1.82) is 0 Å². The molecule has 3 aromatic carbocycles. The number of para-hydroxylation sites is 1. The number of amides is 2. The van der Waals surface area contributed by atoms with Crippen LogP contribution in [0.3, 0.4) is 0 Å². The zero-order valence-corrected chi connectivity index (χ0v) is 17.3. The second-order valence-corrected chi connectivity index (χ2v) is 7.40. The summed E-state index contributed by atoms with van der Waals surface area (Å²) in [5, 5.41) is 13.5. The topological polar surface area (TPSA) is 86.9 Å². The Kier molecular flexibility index (Phi) is 5.37. The highest BCUT2D eigenvalue weighted by Crippen LogP contribution is 2.29. The number of fused-ring (bicyclic) bond motifs is 1. The van der Waals surface area contributed by atoms with Gasteiger partial charge in [-0.2, -0.15) is 5.10 Å². The van der Waals surface area contributed by atoms with Crippen LogP contribution in [0.2, 0.25) is 0 Å². The molecular weight excluding hydrogens is 388 g/mol. The molecule has 0 saturated heterocycles. The number of carbonyl (C=O) groups is 2. The van der Waals surface area contributed by atoms with E-state index in [1.807, 2.05) is 18.2 Å². The van der Waals surface area contributed by atoms with Crippen LogP contribution >= 0.6 is 0 Å². The van der Waals surface area contributed by atoms with Crippen LogP contribution in [0.5, 0.6) is 0 Å². The lowest BCUT2D eigenvalue weighted by Gasteiger charge is -2.09. The zero-order valence-electron chi connectivity index (χ0n) is 17.3. The lowest BCUT2D eigenvalue weighted by Crippen LogP contribution is -2.17. The van der Waals surface area contributed by atoms with Gasteiger partial charge >= 0.3 is 0 Å². The van der Waals surface area contributed by atoms with Crippen LogP contribution in [-0.4, -0.2) is 22.0 Å². The molecule has 0 saturated carbocycles. The van der Waals surface area contributed by atoms with Crippen LogP contribution in [0, 0.1) is 13.8 Å². The summed E-state index contributed by atoms with van der Waals surface area (Å²) >= 11 is 0. The van der Waals surface area contributed by atoms with E-state index in [9.17, 15) is 9.59 Å². The number of hydrogen-bond acceptors (Lipinski definition) is 3. The maximum atomic E-state index is 12.9. The fourth-order valence-electron chi connectivity index (χ4n) is 3.58. The van der Waals surface area contributed by atoms with Gasteiger partial charge in [-0.05, 0) is 55.3 Å². The third kappa shape index (κ3) is 4.23. The molecule has 4 rings (SSSR count). The summed E-state index contributed by atoms with van der Waals surface area (Å²) in [4.78, 5) is 24.5. The molecule has 0 spiro atoms. The van der Waals surface area contributed by atoms with E-state index in [1.165, 1.54) is 11.1 Å². The van der Waals surface area contributed by atoms with Gasteiger partial charge in [-0.25, -0.2) is 0 Å². The van der Waals surface area contributed by atoms with Gasteiger partial charge in [-0.1, -0.05) is 54.1 Å². The van der Waals surface area contributed by atoms with Crippen molar-refractivity contribution in [2.24, 2.45) is 0 Å². The van der Waals surface area contributed by atoms with Crippen LogP contribution in [-0.2, 0) is 4.79 Å². The van der Waals surface area contributed by atoms with E-state index in [-0.39, 0.29) is 11.8 Å². The first kappa shape index (κ1) is 20.1. The minimum absolute atomic E-state index is 0.334. The summed E-state index contributed by atoms with van der Waals surface area (Å²) in [7, 11) is 0. The molecular formula is C25H22N4O2. The van der Waals surface area contributed by atoms with Gasteiger partial charge in [0.05, 0.1) is 16.8 Å². The number of aryl methyl sites for hydroxylation is 2. The largest absolute Gasteiger partial charge is 0.322 e. The van der Waals surface area contributed by atoms with E-state index in [2.05, 4.69) is 59.5 Å². The molecule has 2 amide bonds. The Morgan fingerprint density at radius 2 is 1.68 bits per heavy atom. The molecule has 0 aliphatic carbocycles. The summed E-state index contributed by atoms with van der Waals surface area (Å²) in [5.74, 6) is -0.326. The molecule has 0 radical (unpaired) electrons. The minimum atomic E-state index is -0.385. The highest BCUT2D eigenvalue weighted by atomic mass is 16.2. The van der Waals surface area contributed by atoms with E-state index >= 15 is 0 Å². The van der Waals surface area contributed by atoms with Crippen molar-refractivity contribution in [3.8, 4) is 11.1 Å². The Bertz CT molecular complexity index is 1300. The molecule has 0 aliphatic rings. The van der Waals surface area contributed by atoms with E-state index in [1.54, 1.807) is 24.3 Å². The first-order valence-electron chi connectivity index (χ1n) is 9.85. The minimum Gasteiger partial charge on any atom is -0.322 e. The Morgan fingerprint density at radius 3 is 2.42 bits per heavy atom. The van der Waals surface area contributed by atoms with Crippen molar-refractivity contribution >= 4 is 34.2 Å². The van der Waals surface area contributed by atoms with Crippen LogP contribution in [0.15, 0.2) is 73.3 Å². The molecule has 3 N–H and O–H groups in total. The number of aromatic amines is 1. The van der Waals surface area contributed by atoms with Crippen molar-refractivity contribution in [2.45, 2.75) is 13.8 Å². The van der Waals surface area contributed by atoms with E-state index < -0.39 is 0 Å². The van der Waals surface area contributed by atoms with Crippen LogP contribution in [0.25, 0.3) is 22.0 Å². The summed E-state index contributed by atoms with van der Waals surface area (Å²) in [6.45, 7) is 7.59. The third-order valence-corrected chi connectivity index (χ3v) is 4.96. The van der Waals surface area contributed by atoms with Gasteiger partial charge in [0.1, 0.15) is 0 Å². The molecule has 0 atom stereocenters. The molecule has 4 aromatic rings. The van der Waals surface area contributed by atoms with Crippen LogP contribution < -0.4 is 10.6 Å². The number of hydrogen-bond donors (Lipinski definition) is 3. The summed E-state index contributed by atoms with van der Waals surface area (Å²) in [6, 6.07) is 19.2. The first-order valence-corrected chi connectivity index (χ1v) is 9.85. The Morgan fingerprint density at radius 1 is 0.935 bits per heavy atom. The number of anilines is 2. The average molecular weight is 410 g/mol. The molecule has 0 bridgehead atoms. The molecule has 31 heavy (non-hydrogen) atoms. The fourth-order valence-corrected chi connectivity index (χ4v) is 3.58. The number of carbonyl (C=O) groups excluding carboxylic acids is 2. The molecule has 0 unspecified atom stereocenters. The van der Waals surface area contributed by atoms with Crippen molar-refractivity contribution in [1.82, 2.24) is 10.2 Å². The fraction of sp³-hybridized carbons (Fsp3) is 0.0800. The maximum absolute atomic E-state index is 12.9. The van der Waals surface area contributed by atoms with Gasteiger partial charge in [0.15, 0.2) is 5.82 Å². The standard InChI is InChI=1S/C25H22N4O2/c1-4-23(30)26-21-8-6-5-7-20(21)25(31)27-24-19-10-9-17(14-22(19)28-29-24)18-12-15(2)11-16(3)13-18/h4-14H,1H2,2-3H3,(H,26,30)(H2,27,28,29,31). The summed E-state index contributed by atoms with van der Waals surface area (Å²) in [5.41, 5.74) is 6.16. The quantitative estimate of drug-likeness (QED) is 0.394. The highest BCUT2D eigenvalue weighted by Gasteiger charge is 2.15. The highest BCUT2D eigenvalue weighted by molar-refractivity contribution is 6.13. The number of benzene rings is 3. The number of rotatable bonds is 5. The maximum Gasteiger partial charge on any atom is 0.258 e. The third-order valence-electron chi connectivity index (χ3n) is 4.96. The van der Waals surface area contributed by atoms with E-state index in [4.69, 9.17) is 0 Å². The molecule has 154 valence electrons. The van der Waals surface area contributed by atoms with Crippen LogP contribution in [0.1, 0.15) is 21.5 Å². The Labute approximate surface area is 180 Å². The predicted molar refractivity (Wildman–Crippen MR) is 124 cm³/mol. The summed E-state index contributed by atoms with van der Waals surface area (Å²) in [6.07, 6.45) is 1.16. The second-order valence-electron chi connectivity index (χ2n) is 7.40. The smallest absolute Gasteiger partial charge is 0.258 e. The van der Waals surface area contributed by atoms with Crippen molar-refractivity contribution in [3.05, 3.63) is 90.0 Å².